The summed E-state index contributed by atoms with van der Waals surface area (Å²) in [4.78, 5) is 2.68. The maximum atomic E-state index is 3.45. The van der Waals surface area contributed by atoms with E-state index in [9.17, 15) is 0 Å². The third-order valence-corrected chi connectivity index (χ3v) is 4.03. The Labute approximate surface area is 104 Å². The minimum absolute atomic E-state index is 0.678. The van der Waals surface area contributed by atoms with Gasteiger partial charge < -0.3 is 5.32 Å². The van der Waals surface area contributed by atoms with Crippen LogP contribution >= 0.6 is 0 Å². The zero-order valence-corrected chi connectivity index (χ0v) is 10.7. The predicted octanol–water partition coefficient (Wildman–Crippen LogP) is 2.35. The summed E-state index contributed by atoms with van der Waals surface area (Å²) in [5.41, 5.74) is 2.89. The fraction of sp³-hybridized carbons (Fsp3) is 0.600. The highest BCUT2D eigenvalue weighted by Gasteiger charge is 2.36. The lowest BCUT2D eigenvalue weighted by molar-refractivity contribution is 0.156. The van der Waals surface area contributed by atoms with Gasteiger partial charge in [0.05, 0.1) is 0 Å². The van der Waals surface area contributed by atoms with E-state index < -0.39 is 0 Å². The second-order valence-corrected chi connectivity index (χ2v) is 5.48. The van der Waals surface area contributed by atoms with Crippen molar-refractivity contribution in [2.24, 2.45) is 5.92 Å². The van der Waals surface area contributed by atoms with E-state index in [1.807, 2.05) is 0 Å². The maximum Gasteiger partial charge on any atom is 0.0377 e. The van der Waals surface area contributed by atoms with Crippen LogP contribution in [0, 0.1) is 12.8 Å². The van der Waals surface area contributed by atoms with Crippen LogP contribution in [0.4, 0.5) is 0 Å². The van der Waals surface area contributed by atoms with Gasteiger partial charge in [0.2, 0.25) is 0 Å². The summed E-state index contributed by atoms with van der Waals surface area (Å²) in [6.07, 6.45) is 2.84. The fourth-order valence-corrected chi connectivity index (χ4v) is 2.92. The molecule has 1 aromatic rings. The molecule has 1 aliphatic carbocycles. The van der Waals surface area contributed by atoms with Crippen molar-refractivity contribution in [3.8, 4) is 0 Å². The van der Waals surface area contributed by atoms with Crippen molar-refractivity contribution in [3.05, 3.63) is 35.4 Å². The molecule has 1 saturated heterocycles. The van der Waals surface area contributed by atoms with Gasteiger partial charge in [-0.3, -0.25) is 4.90 Å². The highest BCUT2D eigenvalue weighted by molar-refractivity contribution is 5.25. The Bertz CT molecular complexity index is 361. The van der Waals surface area contributed by atoms with Crippen molar-refractivity contribution in [1.29, 1.82) is 0 Å². The van der Waals surface area contributed by atoms with Crippen molar-refractivity contribution in [2.45, 2.75) is 25.8 Å². The van der Waals surface area contributed by atoms with E-state index in [-0.39, 0.29) is 0 Å². The SMILES string of the molecule is Cc1ccc([C@@H](C2CC2)N2CCNCC2)cc1. The maximum absolute atomic E-state index is 3.45. The van der Waals surface area contributed by atoms with Gasteiger partial charge in [0.25, 0.3) is 0 Å². The molecule has 0 bridgehead atoms. The Kier molecular flexibility index (Phi) is 3.17. The molecule has 3 rings (SSSR count). The molecule has 0 radical (unpaired) electrons. The van der Waals surface area contributed by atoms with E-state index >= 15 is 0 Å². The molecule has 2 heteroatoms. The van der Waals surface area contributed by atoms with Crippen LogP contribution < -0.4 is 5.32 Å². The van der Waals surface area contributed by atoms with Crippen LogP contribution in [0.1, 0.15) is 30.0 Å². The van der Waals surface area contributed by atoms with E-state index in [1.54, 1.807) is 0 Å². The second kappa shape index (κ2) is 4.79. The normalized spacial score (nSPS) is 23.6. The summed E-state index contributed by atoms with van der Waals surface area (Å²) >= 11 is 0. The molecule has 1 aromatic carbocycles. The fourth-order valence-electron chi connectivity index (χ4n) is 2.92. The number of nitrogens with one attached hydrogen (secondary N) is 1. The van der Waals surface area contributed by atoms with Crippen LogP contribution in [0.15, 0.2) is 24.3 Å². The van der Waals surface area contributed by atoms with Crippen LogP contribution in [0.25, 0.3) is 0 Å². The molecule has 0 spiro atoms. The summed E-state index contributed by atoms with van der Waals surface area (Å²) < 4.78 is 0. The zero-order valence-electron chi connectivity index (χ0n) is 10.7. The lowest BCUT2D eigenvalue weighted by atomic mass is 9.99. The molecule has 1 saturated carbocycles. The Morgan fingerprint density at radius 1 is 1.12 bits per heavy atom. The summed E-state index contributed by atoms with van der Waals surface area (Å²) in [6, 6.07) is 9.86. The molecule has 0 unspecified atom stereocenters. The third kappa shape index (κ3) is 2.53. The van der Waals surface area contributed by atoms with Crippen molar-refractivity contribution < 1.29 is 0 Å². The molecule has 2 fully saturated rings. The summed E-state index contributed by atoms with van der Waals surface area (Å²) in [5, 5.41) is 3.45. The van der Waals surface area contributed by atoms with Crippen molar-refractivity contribution >= 4 is 0 Å². The number of aryl methyl sites for hydroxylation is 1. The average Bonchev–Trinajstić information content (AvgIpc) is 3.18. The average molecular weight is 230 g/mol. The molecule has 17 heavy (non-hydrogen) atoms. The van der Waals surface area contributed by atoms with Gasteiger partial charge in [0, 0.05) is 32.2 Å². The quantitative estimate of drug-likeness (QED) is 0.857. The van der Waals surface area contributed by atoms with E-state index in [1.165, 1.54) is 37.1 Å². The summed E-state index contributed by atoms with van der Waals surface area (Å²) in [7, 11) is 0. The number of nitrogens with zero attached hydrogens (tertiary/aromatic N) is 1. The van der Waals surface area contributed by atoms with Crippen LogP contribution in [-0.2, 0) is 0 Å². The molecule has 1 N–H and O–H groups in total. The highest BCUT2D eigenvalue weighted by Crippen LogP contribution is 2.44. The predicted molar refractivity (Wildman–Crippen MR) is 71.1 cm³/mol. The molecule has 2 nitrogen and oxygen atoms in total. The largest absolute Gasteiger partial charge is 0.314 e. The molecule has 0 aromatic heterocycles. The molecule has 1 atom stereocenters. The molecule has 1 heterocycles. The third-order valence-electron chi connectivity index (χ3n) is 4.03. The van der Waals surface area contributed by atoms with Gasteiger partial charge in [-0.1, -0.05) is 29.8 Å². The first-order valence-electron chi connectivity index (χ1n) is 6.86. The Morgan fingerprint density at radius 3 is 2.35 bits per heavy atom. The first-order valence-corrected chi connectivity index (χ1v) is 6.86. The first kappa shape index (κ1) is 11.2. The molecule has 2 aliphatic rings. The lowest BCUT2D eigenvalue weighted by Crippen LogP contribution is -2.45. The van der Waals surface area contributed by atoms with Crippen molar-refractivity contribution in [3.63, 3.8) is 0 Å². The zero-order chi connectivity index (χ0) is 11.7. The van der Waals surface area contributed by atoms with Gasteiger partial charge in [-0.25, -0.2) is 0 Å². The van der Waals surface area contributed by atoms with E-state index in [2.05, 4.69) is 41.4 Å². The first-order chi connectivity index (χ1) is 8.34. The van der Waals surface area contributed by atoms with Crippen molar-refractivity contribution in [1.82, 2.24) is 10.2 Å². The van der Waals surface area contributed by atoms with E-state index in [0.717, 1.165) is 19.0 Å². The minimum atomic E-state index is 0.678. The topological polar surface area (TPSA) is 15.3 Å². The summed E-state index contributed by atoms with van der Waals surface area (Å²) in [5.74, 6) is 0.913. The number of benzene rings is 1. The lowest BCUT2D eigenvalue weighted by Gasteiger charge is -2.35. The van der Waals surface area contributed by atoms with Gasteiger partial charge in [-0.2, -0.15) is 0 Å². The Hall–Kier alpha value is -0.860. The minimum Gasteiger partial charge on any atom is -0.314 e. The van der Waals surface area contributed by atoms with Crippen LogP contribution in [-0.4, -0.2) is 31.1 Å². The molecular weight excluding hydrogens is 208 g/mol. The van der Waals surface area contributed by atoms with Gasteiger partial charge >= 0.3 is 0 Å². The number of hydrogen-bond acceptors (Lipinski definition) is 2. The Morgan fingerprint density at radius 2 is 1.76 bits per heavy atom. The van der Waals surface area contributed by atoms with E-state index in [4.69, 9.17) is 0 Å². The second-order valence-electron chi connectivity index (χ2n) is 5.48. The summed E-state index contributed by atoms with van der Waals surface area (Å²) in [6.45, 7) is 6.87. The van der Waals surface area contributed by atoms with Crippen LogP contribution in [0.2, 0.25) is 0 Å². The number of piperazine rings is 1. The van der Waals surface area contributed by atoms with Crippen molar-refractivity contribution in [2.75, 3.05) is 26.2 Å². The smallest absolute Gasteiger partial charge is 0.0377 e. The highest BCUT2D eigenvalue weighted by atomic mass is 15.2. The monoisotopic (exact) mass is 230 g/mol. The standard InChI is InChI=1S/C15H22N2/c1-12-2-4-13(5-3-12)15(14-6-7-14)17-10-8-16-9-11-17/h2-5,14-16H,6-11H2,1H3/t15-/m0/s1. The molecule has 1 aliphatic heterocycles. The van der Waals surface area contributed by atoms with Gasteiger partial charge in [-0.05, 0) is 31.2 Å². The molecule has 92 valence electrons. The van der Waals surface area contributed by atoms with Gasteiger partial charge in [0.15, 0.2) is 0 Å². The number of hydrogen-bond donors (Lipinski definition) is 1. The Balaban J connectivity index is 1.81. The van der Waals surface area contributed by atoms with Crippen LogP contribution in [0.5, 0.6) is 0 Å². The molecular formula is C15H22N2. The van der Waals surface area contributed by atoms with Gasteiger partial charge in [0.1, 0.15) is 0 Å². The number of rotatable bonds is 3. The van der Waals surface area contributed by atoms with Crippen LogP contribution in [0.3, 0.4) is 0 Å². The molecule has 0 amide bonds. The van der Waals surface area contributed by atoms with Gasteiger partial charge in [-0.15, -0.1) is 0 Å². The van der Waals surface area contributed by atoms with E-state index in [0.29, 0.717) is 6.04 Å².